The fourth-order valence-electron chi connectivity index (χ4n) is 1.59. The maximum atomic E-state index is 13.2. The Labute approximate surface area is 132 Å². The molecule has 0 amide bonds. The highest BCUT2D eigenvalue weighted by atomic mass is 35.5. The lowest BCUT2D eigenvalue weighted by molar-refractivity contribution is 0.304. The second-order valence-electron chi connectivity index (χ2n) is 4.17. The summed E-state index contributed by atoms with van der Waals surface area (Å²) in [6, 6.07) is 5.92. The van der Waals surface area contributed by atoms with Crippen molar-refractivity contribution in [1.82, 2.24) is 4.98 Å². The Bertz CT molecular complexity index is 679. The number of alkyl halides is 1. The van der Waals surface area contributed by atoms with E-state index in [-0.39, 0.29) is 12.4 Å². The fraction of sp³-hybridized carbons (Fsp3) is 0.188. The minimum atomic E-state index is -0.350. The molecule has 5 heteroatoms. The Hall–Kier alpha value is -1.76. The first-order chi connectivity index (χ1) is 10.2. The van der Waals surface area contributed by atoms with Gasteiger partial charge >= 0.3 is 0 Å². The number of ether oxygens (including phenoxy) is 1. The van der Waals surface area contributed by atoms with Crippen molar-refractivity contribution in [3.05, 3.63) is 58.6 Å². The van der Waals surface area contributed by atoms with E-state index in [4.69, 9.17) is 27.9 Å². The van der Waals surface area contributed by atoms with Crippen LogP contribution in [0.2, 0.25) is 5.02 Å². The van der Waals surface area contributed by atoms with Gasteiger partial charge in [0.1, 0.15) is 18.2 Å². The highest BCUT2D eigenvalue weighted by Crippen LogP contribution is 2.20. The largest absolute Gasteiger partial charge is 0.487 e. The van der Waals surface area contributed by atoms with Gasteiger partial charge in [-0.3, -0.25) is 4.98 Å². The van der Waals surface area contributed by atoms with E-state index in [1.165, 1.54) is 18.2 Å². The molecule has 0 fully saturated rings. The van der Waals surface area contributed by atoms with Crippen LogP contribution in [0.1, 0.15) is 17.5 Å². The summed E-state index contributed by atoms with van der Waals surface area (Å²) < 4.78 is 18.7. The lowest BCUT2D eigenvalue weighted by atomic mass is 10.2. The second kappa shape index (κ2) is 7.87. The van der Waals surface area contributed by atoms with E-state index < -0.39 is 0 Å². The predicted octanol–water partition coefficient (Wildman–Crippen LogP) is 4.43. The third-order valence-electron chi connectivity index (χ3n) is 2.57. The minimum Gasteiger partial charge on any atom is -0.487 e. The molecule has 1 aromatic carbocycles. The number of benzene rings is 1. The first kappa shape index (κ1) is 15.6. The SMILES string of the molecule is Fc1ccc(Cl)c(COc2cncc(C#CCCCl)c2)c1. The summed E-state index contributed by atoms with van der Waals surface area (Å²) in [6.45, 7) is 0.164. The summed E-state index contributed by atoms with van der Waals surface area (Å²) in [7, 11) is 0. The fourth-order valence-corrected chi connectivity index (χ4v) is 1.86. The molecule has 2 aromatic rings. The molecule has 21 heavy (non-hydrogen) atoms. The number of aromatic nitrogens is 1. The molecule has 1 heterocycles. The molecule has 0 radical (unpaired) electrons. The maximum absolute atomic E-state index is 13.2. The first-order valence-electron chi connectivity index (χ1n) is 6.25. The third-order valence-corrected chi connectivity index (χ3v) is 3.13. The topological polar surface area (TPSA) is 22.1 Å². The number of nitrogens with zero attached hydrogens (tertiary/aromatic N) is 1. The van der Waals surface area contributed by atoms with E-state index in [2.05, 4.69) is 16.8 Å². The molecule has 0 saturated heterocycles. The molecule has 2 nitrogen and oxygen atoms in total. The minimum absolute atomic E-state index is 0.164. The summed E-state index contributed by atoms with van der Waals surface area (Å²) in [5.41, 5.74) is 1.32. The van der Waals surface area contributed by atoms with Crippen molar-refractivity contribution in [3.8, 4) is 17.6 Å². The van der Waals surface area contributed by atoms with Gasteiger partial charge in [0, 0.05) is 34.6 Å². The highest BCUT2D eigenvalue weighted by Gasteiger charge is 2.04. The van der Waals surface area contributed by atoms with Gasteiger partial charge in [-0.1, -0.05) is 23.4 Å². The third kappa shape index (κ3) is 4.93. The number of hydrogen-bond acceptors (Lipinski definition) is 2. The molecular formula is C16H12Cl2FNO. The van der Waals surface area contributed by atoms with Crippen LogP contribution >= 0.6 is 23.2 Å². The summed E-state index contributed by atoms with van der Waals surface area (Å²) in [5.74, 6) is 6.56. The van der Waals surface area contributed by atoms with E-state index >= 15 is 0 Å². The van der Waals surface area contributed by atoms with Crippen LogP contribution in [0, 0.1) is 17.7 Å². The van der Waals surface area contributed by atoms with Gasteiger partial charge in [-0.2, -0.15) is 0 Å². The predicted molar refractivity (Wildman–Crippen MR) is 82.2 cm³/mol. The van der Waals surface area contributed by atoms with Crippen LogP contribution in [-0.2, 0) is 6.61 Å². The monoisotopic (exact) mass is 323 g/mol. The Balaban J connectivity index is 2.05. The van der Waals surface area contributed by atoms with Crippen LogP contribution in [0.4, 0.5) is 4.39 Å². The van der Waals surface area contributed by atoms with Crippen molar-refractivity contribution in [1.29, 1.82) is 0 Å². The first-order valence-corrected chi connectivity index (χ1v) is 7.17. The molecule has 0 saturated carbocycles. The molecule has 1 aromatic heterocycles. The molecule has 0 aliphatic heterocycles. The number of hydrogen-bond donors (Lipinski definition) is 0. The van der Waals surface area contributed by atoms with Gasteiger partial charge in [-0.15, -0.1) is 11.6 Å². The molecule has 0 aliphatic rings. The molecule has 0 aliphatic carbocycles. The van der Waals surface area contributed by atoms with Gasteiger partial charge in [0.25, 0.3) is 0 Å². The molecule has 2 rings (SSSR count). The molecule has 0 unspecified atom stereocenters. The second-order valence-corrected chi connectivity index (χ2v) is 4.96. The zero-order valence-corrected chi connectivity index (χ0v) is 12.6. The number of rotatable bonds is 4. The average Bonchev–Trinajstić information content (AvgIpc) is 2.49. The molecule has 0 bridgehead atoms. The van der Waals surface area contributed by atoms with Crippen molar-refractivity contribution < 1.29 is 9.13 Å². The van der Waals surface area contributed by atoms with Crippen molar-refractivity contribution in [2.45, 2.75) is 13.0 Å². The zero-order valence-electron chi connectivity index (χ0n) is 11.1. The van der Waals surface area contributed by atoms with Crippen molar-refractivity contribution in [3.63, 3.8) is 0 Å². The summed E-state index contributed by atoms with van der Waals surface area (Å²) >= 11 is 11.5. The van der Waals surface area contributed by atoms with Crippen molar-refractivity contribution >= 4 is 23.2 Å². The van der Waals surface area contributed by atoms with Crippen LogP contribution in [0.25, 0.3) is 0 Å². The molecule has 108 valence electrons. The van der Waals surface area contributed by atoms with Crippen LogP contribution in [0.15, 0.2) is 36.7 Å². The number of pyridine rings is 1. The van der Waals surface area contributed by atoms with E-state index in [0.717, 1.165) is 5.56 Å². The lowest BCUT2D eigenvalue weighted by Crippen LogP contribution is -1.98. The highest BCUT2D eigenvalue weighted by molar-refractivity contribution is 6.31. The van der Waals surface area contributed by atoms with Crippen molar-refractivity contribution in [2.24, 2.45) is 0 Å². The smallest absolute Gasteiger partial charge is 0.139 e. The van der Waals surface area contributed by atoms with E-state index in [1.807, 2.05) is 0 Å². The molecule has 0 N–H and O–H groups in total. The normalized spacial score (nSPS) is 9.86. The lowest BCUT2D eigenvalue weighted by Gasteiger charge is -2.07. The van der Waals surface area contributed by atoms with Crippen LogP contribution in [0.3, 0.4) is 0 Å². The van der Waals surface area contributed by atoms with Gasteiger partial charge in [-0.05, 0) is 24.3 Å². The summed E-state index contributed by atoms with van der Waals surface area (Å²) in [4.78, 5) is 4.05. The maximum Gasteiger partial charge on any atom is 0.139 e. The quantitative estimate of drug-likeness (QED) is 0.613. The van der Waals surface area contributed by atoms with Gasteiger partial charge in [-0.25, -0.2) is 4.39 Å². The van der Waals surface area contributed by atoms with Crippen LogP contribution in [0.5, 0.6) is 5.75 Å². The molecule has 0 atom stereocenters. The van der Waals surface area contributed by atoms with E-state index in [9.17, 15) is 4.39 Å². The Kier molecular flexibility index (Phi) is 5.86. The van der Waals surface area contributed by atoms with Gasteiger partial charge in [0.05, 0.1) is 6.20 Å². The summed E-state index contributed by atoms with van der Waals surface area (Å²) in [6.07, 6.45) is 3.83. The van der Waals surface area contributed by atoms with Gasteiger partial charge in [0.2, 0.25) is 0 Å². The summed E-state index contributed by atoms with van der Waals surface area (Å²) in [5, 5.41) is 0.461. The zero-order chi connectivity index (χ0) is 15.1. The van der Waals surface area contributed by atoms with Gasteiger partial charge < -0.3 is 4.74 Å². The Morgan fingerprint density at radius 1 is 1.24 bits per heavy atom. The Morgan fingerprint density at radius 2 is 2.10 bits per heavy atom. The van der Waals surface area contributed by atoms with Crippen molar-refractivity contribution in [2.75, 3.05) is 5.88 Å². The standard InChI is InChI=1S/C16H12Cl2FNO/c17-6-2-1-3-12-7-15(10-20-9-12)21-11-13-8-14(19)4-5-16(13)18/h4-5,7-10H,2,6,11H2. The van der Waals surface area contributed by atoms with E-state index in [0.29, 0.717) is 28.6 Å². The van der Waals surface area contributed by atoms with Crippen LogP contribution in [-0.4, -0.2) is 10.9 Å². The Morgan fingerprint density at radius 3 is 2.90 bits per heavy atom. The number of halogens is 3. The molecular weight excluding hydrogens is 312 g/mol. The van der Waals surface area contributed by atoms with Crippen LogP contribution < -0.4 is 4.74 Å². The van der Waals surface area contributed by atoms with E-state index in [1.54, 1.807) is 18.5 Å². The average molecular weight is 324 g/mol. The van der Waals surface area contributed by atoms with Gasteiger partial charge in [0.15, 0.2) is 0 Å². The molecule has 0 spiro atoms.